The summed E-state index contributed by atoms with van der Waals surface area (Å²) < 4.78 is 46.6. The number of ketones is 1. The second-order valence-corrected chi connectivity index (χ2v) is 20.0. The number of amides is 1. The van der Waals surface area contributed by atoms with Gasteiger partial charge in [-0.3, -0.25) is 14.4 Å². The molecule has 12 atom stereocenters. The Morgan fingerprint density at radius 2 is 1.56 bits per heavy atom. The molecule has 342 valence electrons. The van der Waals surface area contributed by atoms with Gasteiger partial charge >= 0.3 is 30.2 Å². The van der Waals surface area contributed by atoms with E-state index in [1.54, 1.807) is 55.4 Å². The molecule has 6 aliphatic rings. The fraction of sp³-hybridized carbons (Fsp3) is 0.814. The fourth-order valence-corrected chi connectivity index (χ4v) is 10.8. The van der Waals surface area contributed by atoms with Gasteiger partial charge in [0.2, 0.25) is 0 Å². The van der Waals surface area contributed by atoms with Crippen LogP contribution >= 0.6 is 0 Å². The largest absolute Gasteiger partial charge is 0.508 e. The highest BCUT2D eigenvalue weighted by Crippen LogP contribution is 2.64. The second-order valence-electron chi connectivity index (χ2n) is 20.0. The van der Waals surface area contributed by atoms with Gasteiger partial charge in [-0.05, 0) is 58.6 Å². The summed E-state index contributed by atoms with van der Waals surface area (Å²) in [4.78, 5) is 83.5. The van der Waals surface area contributed by atoms with Gasteiger partial charge < -0.3 is 58.5 Å². The highest BCUT2D eigenvalue weighted by Gasteiger charge is 2.78. The molecule has 0 aromatic carbocycles. The predicted octanol–water partition coefficient (Wildman–Crippen LogP) is 3.33. The van der Waals surface area contributed by atoms with Gasteiger partial charge in [0.25, 0.3) is 0 Å². The minimum Gasteiger partial charge on any atom is -0.459 e. The monoisotopic (exact) mass is 865 g/mol. The zero-order valence-corrected chi connectivity index (χ0v) is 37.0. The molecule has 0 aromatic rings. The molecule has 0 radical (unpaired) electrons. The number of aliphatic hydroxyl groups excluding tert-OH is 2. The molecule has 4 aliphatic carbocycles. The molecule has 5 fully saturated rings. The van der Waals surface area contributed by atoms with Gasteiger partial charge in [0.1, 0.15) is 29.5 Å². The number of ether oxygens (including phenoxy) is 8. The van der Waals surface area contributed by atoms with Crippen LogP contribution in [0.15, 0.2) is 11.1 Å². The Kier molecular flexibility index (Phi) is 12.3. The molecule has 2 bridgehead atoms. The highest BCUT2D eigenvalue weighted by atomic mass is 16.8. The molecule has 2 saturated heterocycles. The van der Waals surface area contributed by atoms with E-state index in [4.69, 9.17) is 37.9 Å². The molecular weight excluding hydrogens is 802 g/mol. The molecule has 18 nitrogen and oxygen atoms in total. The molecular formula is C43H63NO17. The number of carbonyl (C=O) groups is 6. The van der Waals surface area contributed by atoms with Crippen LogP contribution < -0.4 is 5.32 Å². The van der Waals surface area contributed by atoms with Gasteiger partial charge in [-0.2, -0.15) is 0 Å². The zero-order valence-electron chi connectivity index (χ0n) is 37.0. The Morgan fingerprint density at radius 1 is 0.918 bits per heavy atom. The van der Waals surface area contributed by atoms with Gasteiger partial charge in [-0.25, -0.2) is 14.4 Å². The first kappa shape index (κ1) is 46.7. The van der Waals surface area contributed by atoms with Crippen LogP contribution in [-0.4, -0.2) is 131 Å². The van der Waals surface area contributed by atoms with Crippen LogP contribution in [0.25, 0.3) is 0 Å². The molecule has 6 rings (SSSR count). The van der Waals surface area contributed by atoms with Crippen LogP contribution in [0, 0.1) is 28.1 Å². The lowest BCUT2D eigenvalue weighted by molar-refractivity contribution is -0.346. The molecule has 2 heterocycles. The van der Waals surface area contributed by atoms with E-state index in [0.29, 0.717) is 12.8 Å². The molecule has 4 N–H and O–H groups in total. The van der Waals surface area contributed by atoms with Crippen molar-refractivity contribution >= 4 is 35.9 Å². The summed E-state index contributed by atoms with van der Waals surface area (Å²) >= 11 is 0. The van der Waals surface area contributed by atoms with E-state index in [1.807, 2.05) is 0 Å². The number of rotatable bonds is 7. The van der Waals surface area contributed by atoms with Crippen molar-refractivity contribution in [2.24, 2.45) is 28.1 Å². The van der Waals surface area contributed by atoms with Gasteiger partial charge in [0.05, 0.1) is 43.1 Å². The van der Waals surface area contributed by atoms with E-state index in [2.05, 4.69) is 5.32 Å². The highest BCUT2D eigenvalue weighted by molar-refractivity contribution is 5.95. The molecule has 0 spiro atoms. The number of alkyl carbamates (subject to hydrolysis) is 1. The number of Topliss-reactive ketones (excluding diaryl/α,β-unsaturated/α-hetero) is 1. The van der Waals surface area contributed by atoms with Crippen molar-refractivity contribution in [3.05, 3.63) is 11.1 Å². The molecule has 1 amide bonds. The summed E-state index contributed by atoms with van der Waals surface area (Å²) in [5, 5.41) is 39.4. The van der Waals surface area contributed by atoms with Gasteiger partial charge in [-0.15, -0.1) is 0 Å². The maximum Gasteiger partial charge on any atom is 0.508 e. The van der Waals surface area contributed by atoms with Gasteiger partial charge in [0, 0.05) is 30.6 Å². The summed E-state index contributed by atoms with van der Waals surface area (Å²) in [5.41, 5.74) is -9.81. The van der Waals surface area contributed by atoms with Crippen LogP contribution in [0.3, 0.4) is 0 Å². The average Bonchev–Trinajstić information content (AvgIpc) is 3.38. The van der Waals surface area contributed by atoms with Crippen molar-refractivity contribution in [2.75, 3.05) is 13.7 Å². The maximum atomic E-state index is 15.5. The molecule has 4 unspecified atom stereocenters. The van der Waals surface area contributed by atoms with Crippen LogP contribution in [0.5, 0.6) is 0 Å². The van der Waals surface area contributed by atoms with E-state index >= 15 is 4.79 Å². The summed E-state index contributed by atoms with van der Waals surface area (Å²) in [6.07, 6.45) is -10.2. The summed E-state index contributed by atoms with van der Waals surface area (Å²) in [5.74, 6) is -5.63. The second kappa shape index (κ2) is 16.1. The third-order valence-electron chi connectivity index (χ3n) is 14.4. The predicted molar refractivity (Wildman–Crippen MR) is 209 cm³/mol. The van der Waals surface area contributed by atoms with Crippen molar-refractivity contribution in [3.8, 4) is 0 Å². The lowest BCUT2D eigenvalue weighted by Gasteiger charge is -2.67. The van der Waals surface area contributed by atoms with Crippen LogP contribution in [-0.2, 0) is 57.1 Å². The lowest BCUT2D eigenvalue weighted by atomic mass is 9.44. The topological polar surface area (TPSA) is 249 Å². The summed E-state index contributed by atoms with van der Waals surface area (Å²) in [7, 11) is 1.09. The summed E-state index contributed by atoms with van der Waals surface area (Å²) in [6.45, 7) is 15.0. The number of carbonyl (C=O) groups excluding carboxylic acids is 6. The van der Waals surface area contributed by atoms with Crippen molar-refractivity contribution < 1.29 is 82.0 Å². The molecule has 3 saturated carbocycles. The average molecular weight is 866 g/mol. The SMILES string of the molecule is COC(=O)O[C@@]12CO[C@@H]1CC(O)[C@@]1(C)C(=O)[C@H](OC(C)=O)C3=C(C)[C@H](OC(=O)C4OC(O)C(C)(C)[C@@H]4NC(=O)OC(C)(C)C)C[C@@](O)([C@@H](OC(=O)C4CCCCC4)C12)C3(C)C. The van der Waals surface area contributed by atoms with Gasteiger partial charge in [-0.1, -0.05) is 47.0 Å². The smallest absolute Gasteiger partial charge is 0.459 e. The van der Waals surface area contributed by atoms with Crippen molar-refractivity contribution in [1.82, 2.24) is 5.32 Å². The van der Waals surface area contributed by atoms with Crippen LogP contribution in [0.4, 0.5) is 9.59 Å². The Labute approximate surface area is 355 Å². The first-order valence-electron chi connectivity index (χ1n) is 21.1. The standard InChI is InChI=1S/C43H63NO17/c1-20-23(57-34(49)28-30(39(6,7)35(50)58-28)44-36(51)60-38(3,4)5)18-43(53)32(59-33(48)22-15-13-12-14-16-22)29-41(10,31(47)27(56-21(2)45)26(20)40(43,8)9)24(46)17-25-42(29,19-55-25)61-37(52)54-11/h22-25,27-30,32,35,46,50,53H,12-19H2,1-11H3,(H,44,51)/t23-,24?,25-,27-,28?,29?,30-,32+,35?,41-,42+,43-/m1/s1. The number of aliphatic hydroxyl groups is 3. The number of hydrogen-bond donors (Lipinski definition) is 4. The minimum atomic E-state index is -2.35. The van der Waals surface area contributed by atoms with E-state index in [0.717, 1.165) is 33.3 Å². The molecule has 2 aliphatic heterocycles. The zero-order chi connectivity index (χ0) is 45.4. The molecule has 61 heavy (non-hydrogen) atoms. The number of fused-ring (bicyclic) bond motifs is 5. The third kappa shape index (κ3) is 7.71. The quantitative estimate of drug-likeness (QED) is 0.163. The first-order chi connectivity index (χ1) is 28.2. The van der Waals surface area contributed by atoms with E-state index in [1.165, 1.54) is 6.92 Å². The number of hydrogen-bond acceptors (Lipinski definition) is 17. The van der Waals surface area contributed by atoms with Crippen LogP contribution in [0.2, 0.25) is 0 Å². The Morgan fingerprint density at radius 3 is 2.11 bits per heavy atom. The number of nitrogens with one attached hydrogen (secondary N) is 1. The van der Waals surface area contributed by atoms with E-state index < -0.39 is 136 Å². The lowest BCUT2D eigenvalue weighted by Crippen LogP contribution is -2.82. The van der Waals surface area contributed by atoms with E-state index in [9.17, 15) is 39.3 Å². The van der Waals surface area contributed by atoms with Crippen molar-refractivity contribution in [3.63, 3.8) is 0 Å². The molecule has 18 heteroatoms. The first-order valence-corrected chi connectivity index (χ1v) is 21.1. The van der Waals surface area contributed by atoms with Crippen LogP contribution in [0.1, 0.15) is 114 Å². The van der Waals surface area contributed by atoms with Crippen molar-refractivity contribution in [2.45, 2.75) is 180 Å². The van der Waals surface area contributed by atoms with Crippen molar-refractivity contribution in [1.29, 1.82) is 0 Å². The number of methoxy groups -OCH3 is 1. The minimum absolute atomic E-state index is 0.0240. The summed E-state index contributed by atoms with van der Waals surface area (Å²) in [6, 6.07) is -1.19. The van der Waals surface area contributed by atoms with Gasteiger partial charge in [0.15, 0.2) is 29.9 Å². The third-order valence-corrected chi connectivity index (χ3v) is 14.4. The Hall–Kier alpha value is -3.84. The Bertz CT molecular complexity index is 1830. The molecule has 0 aromatic heterocycles. The number of esters is 3. The normalized spacial score (nSPS) is 39.2. The van der Waals surface area contributed by atoms with E-state index in [-0.39, 0.29) is 24.2 Å². The maximum absolute atomic E-state index is 15.5. The Balaban J connectivity index is 1.53. The fourth-order valence-electron chi connectivity index (χ4n) is 10.8.